The number of nitrogens with one attached hydrogen (secondary N) is 1. The smallest absolute Gasteiger partial charge is 0.292 e. The van der Waals surface area contributed by atoms with Crippen LogP contribution in [0, 0.1) is 24.0 Å². The highest BCUT2D eigenvalue weighted by molar-refractivity contribution is 7.11. The molecule has 2 aromatic rings. The molecule has 0 aliphatic carbocycles. The molecule has 5 heteroatoms. The maximum atomic E-state index is 11.0. The summed E-state index contributed by atoms with van der Waals surface area (Å²) < 4.78 is 0. The van der Waals surface area contributed by atoms with E-state index in [2.05, 4.69) is 5.32 Å². The number of hydrogen-bond acceptors (Lipinski definition) is 4. The fraction of sp³-hybridized carbons (Fsp3) is 0.231. The molecule has 2 rings (SSSR count). The molecule has 0 unspecified atom stereocenters. The minimum Gasteiger partial charge on any atom is -0.375 e. The Labute approximate surface area is 109 Å². The van der Waals surface area contributed by atoms with Gasteiger partial charge in [0.05, 0.1) is 4.92 Å². The van der Waals surface area contributed by atoms with Crippen molar-refractivity contribution in [3.63, 3.8) is 0 Å². The SMILES string of the molecule is Cc1ccc(NCc2ccc(C)s2)c([N+](=O)[O-])c1. The van der Waals surface area contributed by atoms with Crippen molar-refractivity contribution in [1.29, 1.82) is 0 Å². The van der Waals surface area contributed by atoms with Gasteiger partial charge in [-0.05, 0) is 37.6 Å². The Morgan fingerprint density at radius 2 is 2.06 bits per heavy atom. The second-order valence-corrected chi connectivity index (χ2v) is 5.52. The second kappa shape index (κ2) is 5.18. The number of nitro groups is 1. The highest BCUT2D eigenvalue weighted by atomic mass is 32.1. The highest BCUT2D eigenvalue weighted by Gasteiger charge is 2.13. The third-order valence-electron chi connectivity index (χ3n) is 2.60. The van der Waals surface area contributed by atoms with E-state index in [4.69, 9.17) is 0 Å². The highest BCUT2D eigenvalue weighted by Crippen LogP contribution is 2.26. The van der Waals surface area contributed by atoms with Crippen LogP contribution in [0.25, 0.3) is 0 Å². The van der Waals surface area contributed by atoms with Gasteiger partial charge >= 0.3 is 0 Å². The number of anilines is 1. The van der Waals surface area contributed by atoms with Crippen LogP contribution < -0.4 is 5.32 Å². The molecule has 1 N–H and O–H groups in total. The van der Waals surface area contributed by atoms with Crippen LogP contribution in [-0.4, -0.2) is 4.92 Å². The van der Waals surface area contributed by atoms with E-state index in [0.29, 0.717) is 12.2 Å². The molecule has 0 amide bonds. The Kier molecular flexibility index (Phi) is 3.62. The Bertz CT molecular complexity index is 578. The standard InChI is InChI=1S/C13H14N2O2S/c1-9-3-6-12(13(7-9)15(16)17)14-8-11-5-4-10(2)18-11/h3-7,14H,8H2,1-2H3. The molecule has 18 heavy (non-hydrogen) atoms. The number of benzene rings is 1. The van der Waals surface area contributed by atoms with E-state index in [1.165, 1.54) is 9.75 Å². The van der Waals surface area contributed by atoms with Gasteiger partial charge in [0.2, 0.25) is 0 Å². The zero-order chi connectivity index (χ0) is 13.1. The fourth-order valence-electron chi connectivity index (χ4n) is 1.70. The summed E-state index contributed by atoms with van der Waals surface area (Å²) in [7, 11) is 0. The predicted octanol–water partition coefficient (Wildman–Crippen LogP) is 3.89. The number of nitro benzene ring substituents is 1. The summed E-state index contributed by atoms with van der Waals surface area (Å²) in [4.78, 5) is 13.0. The van der Waals surface area contributed by atoms with Gasteiger partial charge in [0, 0.05) is 22.4 Å². The van der Waals surface area contributed by atoms with Crippen molar-refractivity contribution in [2.75, 3.05) is 5.32 Å². The van der Waals surface area contributed by atoms with Crippen molar-refractivity contribution in [2.24, 2.45) is 0 Å². The van der Waals surface area contributed by atoms with E-state index in [1.807, 2.05) is 32.0 Å². The third kappa shape index (κ3) is 2.87. The van der Waals surface area contributed by atoms with E-state index in [9.17, 15) is 10.1 Å². The van der Waals surface area contributed by atoms with Gasteiger partial charge in [-0.15, -0.1) is 11.3 Å². The Morgan fingerprint density at radius 1 is 1.28 bits per heavy atom. The molecule has 0 saturated heterocycles. The number of thiophene rings is 1. The lowest BCUT2D eigenvalue weighted by Crippen LogP contribution is -2.01. The van der Waals surface area contributed by atoms with Crippen molar-refractivity contribution in [3.8, 4) is 0 Å². The van der Waals surface area contributed by atoms with E-state index in [1.54, 1.807) is 23.5 Å². The first kappa shape index (κ1) is 12.6. The minimum absolute atomic E-state index is 0.128. The maximum Gasteiger partial charge on any atom is 0.292 e. The summed E-state index contributed by atoms with van der Waals surface area (Å²) in [5.74, 6) is 0. The van der Waals surface area contributed by atoms with Crippen molar-refractivity contribution in [1.82, 2.24) is 0 Å². The molecule has 1 heterocycles. The number of rotatable bonds is 4. The topological polar surface area (TPSA) is 55.2 Å². The first-order chi connectivity index (χ1) is 8.56. The van der Waals surface area contributed by atoms with Crippen LogP contribution in [0.2, 0.25) is 0 Å². The summed E-state index contributed by atoms with van der Waals surface area (Å²) in [5.41, 5.74) is 1.58. The first-order valence-corrected chi connectivity index (χ1v) is 6.42. The predicted molar refractivity (Wildman–Crippen MR) is 74.2 cm³/mol. The number of hydrogen-bond donors (Lipinski definition) is 1. The number of aryl methyl sites for hydroxylation is 2. The molecule has 0 fully saturated rings. The van der Waals surface area contributed by atoms with Crippen LogP contribution in [0.15, 0.2) is 30.3 Å². The summed E-state index contributed by atoms with van der Waals surface area (Å²) in [6.07, 6.45) is 0. The molecule has 0 spiro atoms. The first-order valence-electron chi connectivity index (χ1n) is 5.60. The van der Waals surface area contributed by atoms with E-state index in [0.717, 1.165) is 5.56 Å². The van der Waals surface area contributed by atoms with Gasteiger partial charge in [0.25, 0.3) is 5.69 Å². The Morgan fingerprint density at radius 3 is 2.67 bits per heavy atom. The zero-order valence-electron chi connectivity index (χ0n) is 10.3. The third-order valence-corrected chi connectivity index (χ3v) is 3.60. The normalized spacial score (nSPS) is 10.3. The quantitative estimate of drug-likeness (QED) is 0.672. The van der Waals surface area contributed by atoms with Crippen molar-refractivity contribution < 1.29 is 4.92 Å². The van der Waals surface area contributed by atoms with Crippen LogP contribution >= 0.6 is 11.3 Å². The largest absolute Gasteiger partial charge is 0.375 e. The van der Waals surface area contributed by atoms with Crippen molar-refractivity contribution >= 4 is 22.7 Å². The van der Waals surface area contributed by atoms with Gasteiger partial charge in [-0.1, -0.05) is 6.07 Å². The lowest BCUT2D eigenvalue weighted by Gasteiger charge is -2.06. The molecule has 0 aliphatic heterocycles. The number of nitrogens with zero attached hydrogens (tertiary/aromatic N) is 1. The van der Waals surface area contributed by atoms with E-state index >= 15 is 0 Å². The van der Waals surface area contributed by atoms with Crippen LogP contribution in [-0.2, 0) is 6.54 Å². The molecule has 0 radical (unpaired) electrons. The summed E-state index contributed by atoms with van der Waals surface area (Å²) in [6.45, 7) is 4.50. The van der Waals surface area contributed by atoms with Crippen LogP contribution in [0.4, 0.5) is 11.4 Å². The van der Waals surface area contributed by atoms with E-state index < -0.39 is 0 Å². The van der Waals surface area contributed by atoms with Crippen LogP contribution in [0.1, 0.15) is 15.3 Å². The lowest BCUT2D eigenvalue weighted by molar-refractivity contribution is -0.384. The molecule has 0 bridgehead atoms. The summed E-state index contributed by atoms with van der Waals surface area (Å²) >= 11 is 1.69. The average molecular weight is 262 g/mol. The fourth-order valence-corrected chi connectivity index (χ4v) is 2.53. The van der Waals surface area contributed by atoms with Crippen LogP contribution in [0.3, 0.4) is 0 Å². The Hall–Kier alpha value is -1.88. The maximum absolute atomic E-state index is 11.0. The lowest BCUT2D eigenvalue weighted by atomic mass is 10.2. The summed E-state index contributed by atoms with van der Waals surface area (Å²) in [6, 6.07) is 9.29. The van der Waals surface area contributed by atoms with Gasteiger partial charge in [-0.3, -0.25) is 10.1 Å². The van der Waals surface area contributed by atoms with E-state index in [-0.39, 0.29) is 10.6 Å². The monoisotopic (exact) mass is 262 g/mol. The average Bonchev–Trinajstić information content (AvgIpc) is 2.73. The van der Waals surface area contributed by atoms with Crippen molar-refractivity contribution in [3.05, 3.63) is 55.8 Å². The molecule has 1 aromatic carbocycles. The van der Waals surface area contributed by atoms with Gasteiger partial charge in [-0.25, -0.2) is 0 Å². The van der Waals surface area contributed by atoms with Gasteiger partial charge < -0.3 is 5.32 Å². The molecule has 0 saturated carbocycles. The van der Waals surface area contributed by atoms with Gasteiger partial charge in [0.15, 0.2) is 0 Å². The molecule has 1 aromatic heterocycles. The molecule has 0 atom stereocenters. The van der Waals surface area contributed by atoms with Gasteiger partial charge in [-0.2, -0.15) is 0 Å². The second-order valence-electron chi connectivity index (χ2n) is 4.14. The van der Waals surface area contributed by atoms with Crippen LogP contribution in [0.5, 0.6) is 0 Å². The van der Waals surface area contributed by atoms with Gasteiger partial charge in [0.1, 0.15) is 5.69 Å². The molecule has 0 aliphatic rings. The minimum atomic E-state index is -0.352. The molecular weight excluding hydrogens is 248 g/mol. The molecular formula is C13H14N2O2S. The summed E-state index contributed by atoms with van der Waals surface area (Å²) in [5, 5.41) is 14.1. The van der Waals surface area contributed by atoms with Crippen molar-refractivity contribution in [2.45, 2.75) is 20.4 Å². The zero-order valence-corrected chi connectivity index (χ0v) is 11.1. The molecule has 94 valence electrons. The molecule has 4 nitrogen and oxygen atoms in total. The Balaban J connectivity index is 2.16.